The van der Waals surface area contributed by atoms with Gasteiger partial charge in [-0.2, -0.15) is 0 Å². The number of hydrogen-bond acceptors (Lipinski definition) is 3. The van der Waals surface area contributed by atoms with Crippen LogP contribution in [0.4, 0.5) is 0 Å². The van der Waals surface area contributed by atoms with E-state index in [1.54, 1.807) is 12.1 Å². The number of phenols is 1. The normalized spacial score (nSPS) is 18.7. The molecule has 1 aliphatic rings. The Morgan fingerprint density at radius 2 is 1.80 bits per heavy atom. The summed E-state index contributed by atoms with van der Waals surface area (Å²) in [4.78, 5) is 11.8. The van der Waals surface area contributed by atoms with Crippen molar-refractivity contribution in [3.8, 4) is 5.75 Å². The van der Waals surface area contributed by atoms with Gasteiger partial charge in [0, 0.05) is 0 Å². The van der Waals surface area contributed by atoms with E-state index in [0.29, 0.717) is 6.42 Å². The second-order valence-electron chi connectivity index (χ2n) is 8.02. The quantitative estimate of drug-likeness (QED) is 0.702. The molecule has 0 heterocycles. The number of carbonyl (C=O) groups is 1. The third kappa shape index (κ3) is 5.74. The van der Waals surface area contributed by atoms with Crippen molar-refractivity contribution < 1.29 is 19.7 Å². The molecular formula is C21H32O4. The number of hydrogen-bond donors (Lipinski definition) is 2. The van der Waals surface area contributed by atoms with Gasteiger partial charge in [0.1, 0.15) is 5.75 Å². The van der Waals surface area contributed by atoms with Gasteiger partial charge in [-0.3, -0.25) is 4.79 Å². The second-order valence-corrected chi connectivity index (χ2v) is 8.02. The Morgan fingerprint density at radius 1 is 1.20 bits per heavy atom. The molecule has 0 aliphatic heterocycles. The van der Waals surface area contributed by atoms with Crippen LogP contribution in [0.2, 0.25) is 0 Å². The maximum atomic E-state index is 11.8. The lowest BCUT2D eigenvalue weighted by molar-refractivity contribution is -0.150. The number of aromatic hydroxyl groups is 1. The van der Waals surface area contributed by atoms with Crippen LogP contribution in [0, 0.1) is 5.92 Å². The number of phenolic OH excluding ortho intramolecular Hbond substituents is 1. The van der Waals surface area contributed by atoms with Gasteiger partial charge < -0.3 is 14.9 Å². The van der Waals surface area contributed by atoms with Gasteiger partial charge in [-0.25, -0.2) is 0 Å². The first-order chi connectivity index (χ1) is 11.8. The minimum Gasteiger partial charge on any atom is -0.508 e. The second kappa shape index (κ2) is 8.70. The fraction of sp³-hybridized carbons (Fsp3) is 0.667. The first kappa shape index (κ1) is 19.8. The number of carboxylic acid groups (broad SMARTS) is 1. The van der Waals surface area contributed by atoms with Crippen LogP contribution in [0.25, 0.3) is 0 Å². The molecule has 2 atom stereocenters. The van der Waals surface area contributed by atoms with Crippen molar-refractivity contribution in [2.75, 3.05) is 0 Å². The van der Waals surface area contributed by atoms with Crippen LogP contribution in [0.1, 0.15) is 71.3 Å². The highest BCUT2D eigenvalue weighted by atomic mass is 16.5. The predicted molar refractivity (Wildman–Crippen MR) is 98.9 cm³/mol. The summed E-state index contributed by atoms with van der Waals surface area (Å²) in [7, 11) is 0. The molecule has 2 rings (SSSR count). The fourth-order valence-electron chi connectivity index (χ4n) is 3.73. The van der Waals surface area contributed by atoms with Crippen LogP contribution >= 0.6 is 0 Å². The van der Waals surface area contributed by atoms with Gasteiger partial charge in [0.05, 0.1) is 18.1 Å². The summed E-state index contributed by atoms with van der Waals surface area (Å²) >= 11 is 0. The Morgan fingerprint density at radius 3 is 2.36 bits per heavy atom. The molecule has 0 amide bonds. The van der Waals surface area contributed by atoms with E-state index in [1.165, 1.54) is 19.3 Å². The summed E-state index contributed by atoms with van der Waals surface area (Å²) < 4.78 is 6.09. The monoisotopic (exact) mass is 348 g/mol. The van der Waals surface area contributed by atoms with Crippen molar-refractivity contribution in [3.63, 3.8) is 0 Å². The zero-order valence-electron chi connectivity index (χ0n) is 15.7. The molecule has 2 N–H and O–H groups in total. The van der Waals surface area contributed by atoms with E-state index in [-0.39, 0.29) is 23.4 Å². The Labute approximate surface area is 151 Å². The van der Waals surface area contributed by atoms with E-state index in [4.69, 9.17) is 4.74 Å². The molecule has 1 saturated carbocycles. The van der Waals surface area contributed by atoms with Crippen LogP contribution < -0.4 is 0 Å². The van der Waals surface area contributed by atoms with Crippen molar-refractivity contribution in [3.05, 3.63) is 29.8 Å². The molecular weight excluding hydrogens is 316 g/mol. The zero-order valence-corrected chi connectivity index (χ0v) is 15.7. The maximum Gasteiger partial charge on any atom is 0.309 e. The molecule has 0 saturated heterocycles. The number of ether oxygens (including phenoxy) is 1. The van der Waals surface area contributed by atoms with Crippen molar-refractivity contribution in [2.24, 2.45) is 5.92 Å². The summed E-state index contributed by atoms with van der Waals surface area (Å²) in [6.07, 6.45) is 7.02. The average Bonchev–Trinajstić information content (AvgIpc) is 2.56. The lowest BCUT2D eigenvalue weighted by Crippen LogP contribution is -2.34. The van der Waals surface area contributed by atoms with E-state index >= 15 is 0 Å². The van der Waals surface area contributed by atoms with Gasteiger partial charge in [0.15, 0.2) is 0 Å². The molecule has 0 spiro atoms. The molecule has 4 nitrogen and oxygen atoms in total. The van der Waals surface area contributed by atoms with Crippen molar-refractivity contribution >= 4 is 5.97 Å². The topological polar surface area (TPSA) is 66.8 Å². The summed E-state index contributed by atoms with van der Waals surface area (Å²) in [5.74, 6) is -1.01. The SMILES string of the molecule is CC(OC1CCCCC1)C(CCC(C)(C)c1ccc(O)cc1)C(=O)O. The van der Waals surface area contributed by atoms with Crippen LogP contribution in [0.5, 0.6) is 5.75 Å². The number of benzene rings is 1. The largest absolute Gasteiger partial charge is 0.508 e. The molecule has 0 bridgehead atoms. The summed E-state index contributed by atoms with van der Waals surface area (Å²) in [6.45, 7) is 6.14. The van der Waals surface area contributed by atoms with E-state index in [0.717, 1.165) is 24.8 Å². The first-order valence-corrected chi connectivity index (χ1v) is 9.47. The Kier molecular flexibility index (Phi) is 6.88. The van der Waals surface area contributed by atoms with Crippen LogP contribution in [0.3, 0.4) is 0 Å². The fourth-order valence-corrected chi connectivity index (χ4v) is 3.73. The van der Waals surface area contributed by atoms with E-state index in [2.05, 4.69) is 13.8 Å². The van der Waals surface area contributed by atoms with Gasteiger partial charge in [0.2, 0.25) is 0 Å². The minimum absolute atomic E-state index is 0.147. The number of aliphatic carboxylic acids is 1. The Balaban J connectivity index is 1.95. The van der Waals surface area contributed by atoms with E-state index in [9.17, 15) is 15.0 Å². The molecule has 2 unspecified atom stereocenters. The molecule has 0 aromatic heterocycles. The van der Waals surface area contributed by atoms with Gasteiger partial charge in [-0.05, 0) is 55.7 Å². The first-order valence-electron chi connectivity index (χ1n) is 9.47. The highest BCUT2D eigenvalue weighted by Crippen LogP contribution is 2.33. The van der Waals surface area contributed by atoms with E-state index in [1.807, 2.05) is 19.1 Å². The molecule has 0 radical (unpaired) electrons. The molecule has 140 valence electrons. The third-order valence-corrected chi connectivity index (χ3v) is 5.57. The summed E-state index contributed by atoms with van der Waals surface area (Å²) in [5, 5.41) is 19.1. The smallest absolute Gasteiger partial charge is 0.309 e. The molecule has 4 heteroatoms. The molecule has 1 aromatic carbocycles. The van der Waals surface area contributed by atoms with Crippen LogP contribution in [-0.4, -0.2) is 28.4 Å². The molecule has 25 heavy (non-hydrogen) atoms. The number of carboxylic acids is 1. The summed E-state index contributed by atoms with van der Waals surface area (Å²) in [6, 6.07) is 7.18. The number of rotatable bonds is 8. The van der Waals surface area contributed by atoms with Crippen molar-refractivity contribution in [2.45, 2.75) is 83.3 Å². The van der Waals surface area contributed by atoms with Crippen molar-refractivity contribution in [1.29, 1.82) is 0 Å². The minimum atomic E-state index is -0.773. The Hall–Kier alpha value is -1.55. The third-order valence-electron chi connectivity index (χ3n) is 5.57. The molecule has 1 fully saturated rings. The van der Waals surface area contributed by atoms with Crippen LogP contribution in [0.15, 0.2) is 24.3 Å². The van der Waals surface area contributed by atoms with Crippen LogP contribution in [-0.2, 0) is 14.9 Å². The van der Waals surface area contributed by atoms with Gasteiger partial charge in [-0.1, -0.05) is 45.2 Å². The van der Waals surface area contributed by atoms with Gasteiger partial charge in [0.25, 0.3) is 0 Å². The lowest BCUT2D eigenvalue weighted by Gasteiger charge is -2.31. The Bertz CT molecular complexity index is 544. The highest BCUT2D eigenvalue weighted by molar-refractivity contribution is 5.70. The highest BCUT2D eigenvalue weighted by Gasteiger charge is 2.31. The maximum absolute atomic E-state index is 11.8. The predicted octanol–water partition coefficient (Wildman–Crippen LogP) is 4.89. The van der Waals surface area contributed by atoms with Gasteiger partial charge >= 0.3 is 5.97 Å². The van der Waals surface area contributed by atoms with Crippen molar-refractivity contribution in [1.82, 2.24) is 0 Å². The lowest BCUT2D eigenvalue weighted by atomic mass is 9.78. The van der Waals surface area contributed by atoms with Gasteiger partial charge in [-0.15, -0.1) is 0 Å². The average molecular weight is 348 g/mol. The molecule has 1 aromatic rings. The zero-order chi connectivity index (χ0) is 18.4. The summed E-state index contributed by atoms with van der Waals surface area (Å²) in [5.41, 5.74) is 0.960. The molecule has 1 aliphatic carbocycles. The van der Waals surface area contributed by atoms with E-state index < -0.39 is 11.9 Å². The standard InChI is InChI=1S/C21H32O4/c1-15(25-18-7-5-4-6-8-18)19(20(23)24)13-14-21(2,3)16-9-11-17(22)12-10-16/h9-12,15,18-19,22H,4-8,13-14H2,1-3H3,(H,23,24).